The van der Waals surface area contributed by atoms with Gasteiger partial charge < -0.3 is 5.32 Å². The second kappa shape index (κ2) is 6.23. The Labute approximate surface area is 121 Å². The van der Waals surface area contributed by atoms with Crippen LogP contribution in [0, 0.1) is 5.82 Å². The Kier molecular flexibility index (Phi) is 4.37. The number of halogens is 1. The van der Waals surface area contributed by atoms with Crippen molar-refractivity contribution in [1.82, 2.24) is 10.2 Å². The first-order valence-electron chi connectivity index (χ1n) is 8.03. The van der Waals surface area contributed by atoms with E-state index in [0.29, 0.717) is 12.1 Å². The molecule has 0 bridgehead atoms. The van der Waals surface area contributed by atoms with Gasteiger partial charge >= 0.3 is 0 Å². The van der Waals surface area contributed by atoms with Gasteiger partial charge in [0.25, 0.3) is 0 Å². The molecule has 3 heteroatoms. The molecule has 2 aliphatic rings. The monoisotopic (exact) mass is 276 g/mol. The minimum absolute atomic E-state index is 0.131. The molecule has 2 nitrogen and oxygen atoms in total. The maximum Gasteiger partial charge on any atom is 0.123 e. The molecule has 2 aliphatic heterocycles. The quantitative estimate of drug-likeness (QED) is 0.905. The number of nitrogens with one attached hydrogen (secondary N) is 1. The molecule has 20 heavy (non-hydrogen) atoms. The molecule has 2 heterocycles. The maximum atomic E-state index is 13.4. The zero-order chi connectivity index (χ0) is 13.9. The normalized spacial score (nSPS) is 28.3. The van der Waals surface area contributed by atoms with E-state index in [1.165, 1.54) is 44.8 Å². The molecule has 0 saturated carbocycles. The lowest BCUT2D eigenvalue weighted by Crippen LogP contribution is -2.45. The van der Waals surface area contributed by atoms with Gasteiger partial charge in [0, 0.05) is 24.7 Å². The van der Waals surface area contributed by atoms with Crippen LogP contribution in [0.5, 0.6) is 0 Å². The van der Waals surface area contributed by atoms with Crippen LogP contribution in [-0.2, 0) is 0 Å². The highest BCUT2D eigenvalue weighted by Crippen LogP contribution is 2.29. The predicted octanol–water partition coefficient (Wildman–Crippen LogP) is 3.49. The highest BCUT2D eigenvalue weighted by atomic mass is 19.1. The van der Waals surface area contributed by atoms with Crippen LogP contribution in [0.2, 0.25) is 0 Å². The third-order valence-corrected chi connectivity index (χ3v) is 4.93. The van der Waals surface area contributed by atoms with E-state index in [9.17, 15) is 4.39 Å². The SMILES string of the molecule is CCC(NC1CCN2CCCCC12)c1cccc(F)c1. The molecule has 1 aromatic carbocycles. The second-order valence-electron chi connectivity index (χ2n) is 6.18. The van der Waals surface area contributed by atoms with Gasteiger partial charge in [-0.3, -0.25) is 4.90 Å². The van der Waals surface area contributed by atoms with E-state index in [1.807, 2.05) is 12.1 Å². The van der Waals surface area contributed by atoms with Gasteiger partial charge in [0.1, 0.15) is 5.82 Å². The highest BCUT2D eigenvalue weighted by Gasteiger charge is 2.36. The van der Waals surface area contributed by atoms with Crippen LogP contribution in [0.15, 0.2) is 24.3 Å². The van der Waals surface area contributed by atoms with Gasteiger partial charge in [-0.2, -0.15) is 0 Å². The lowest BCUT2D eigenvalue weighted by Gasteiger charge is -2.34. The lowest BCUT2D eigenvalue weighted by atomic mass is 9.96. The first-order chi connectivity index (χ1) is 9.78. The lowest BCUT2D eigenvalue weighted by molar-refractivity contribution is 0.176. The fraction of sp³-hybridized carbons (Fsp3) is 0.647. The van der Waals surface area contributed by atoms with E-state index in [-0.39, 0.29) is 11.9 Å². The first-order valence-corrected chi connectivity index (χ1v) is 8.03. The fourth-order valence-corrected chi connectivity index (χ4v) is 3.87. The van der Waals surface area contributed by atoms with Crippen LogP contribution in [-0.4, -0.2) is 30.1 Å². The van der Waals surface area contributed by atoms with Gasteiger partial charge in [0.05, 0.1) is 0 Å². The molecule has 2 saturated heterocycles. The molecule has 1 aromatic rings. The van der Waals surface area contributed by atoms with Crippen LogP contribution in [0.25, 0.3) is 0 Å². The van der Waals surface area contributed by atoms with Crippen molar-refractivity contribution in [1.29, 1.82) is 0 Å². The number of rotatable bonds is 4. The van der Waals surface area contributed by atoms with E-state index >= 15 is 0 Å². The summed E-state index contributed by atoms with van der Waals surface area (Å²) in [5, 5.41) is 3.80. The van der Waals surface area contributed by atoms with Gasteiger partial charge in [0.2, 0.25) is 0 Å². The summed E-state index contributed by atoms with van der Waals surface area (Å²) in [6.07, 6.45) is 6.26. The number of fused-ring (bicyclic) bond motifs is 1. The summed E-state index contributed by atoms with van der Waals surface area (Å²) < 4.78 is 13.4. The van der Waals surface area contributed by atoms with Crippen molar-refractivity contribution in [3.05, 3.63) is 35.6 Å². The van der Waals surface area contributed by atoms with E-state index in [2.05, 4.69) is 17.1 Å². The molecule has 0 spiro atoms. The Bertz CT molecular complexity index is 448. The smallest absolute Gasteiger partial charge is 0.123 e. The summed E-state index contributed by atoms with van der Waals surface area (Å²) in [5.41, 5.74) is 1.08. The molecule has 0 amide bonds. The molecule has 3 unspecified atom stereocenters. The van der Waals surface area contributed by atoms with Crippen LogP contribution in [0.4, 0.5) is 4.39 Å². The van der Waals surface area contributed by atoms with Gasteiger partial charge in [-0.25, -0.2) is 4.39 Å². The van der Waals surface area contributed by atoms with Crippen LogP contribution in [0.3, 0.4) is 0 Å². The summed E-state index contributed by atoms with van der Waals surface area (Å²) in [6.45, 7) is 4.66. The average Bonchev–Trinajstić information content (AvgIpc) is 2.88. The molecule has 3 atom stereocenters. The van der Waals surface area contributed by atoms with Gasteiger partial charge in [-0.15, -0.1) is 0 Å². The molecule has 2 fully saturated rings. The van der Waals surface area contributed by atoms with Crippen molar-refractivity contribution in [2.45, 2.75) is 57.2 Å². The number of hydrogen-bond donors (Lipinski definition) is 1. The van der Waals surface area contributed by atoms with Gasteiger partial charge in [0.15, 0.2) is 0 Å². The molecule has 1 N–H and O–H groups in total. The van der Waals surface area contributed by atoms with Crippen molar-refractivity contribution in [3.8, 4) is 0 Å². The van der Waals surface area contributed by atoms with Crippen LogP contribution >= 0.6 is 0 Å². The molecule has 0 aliphatic carbocycles. The summed E-state index contributed by atoms with van der Waals surface area (Å²) in [6, 6.07) is 8.60. The minimum atomic E-state index is -0.131. The Morgan fingerprint density at radius 1 is 1.30 bits per heavy atom. The molecule has 110 valence electrons. The van der Waals surface area contributed by atoms with Gasteiger partial charge in [-0.05, 0) is 49.9 Å². The van der Waals surface area contributed by atoms with Crippen molar-refractivity contribution in [2.75, 3.05) is 13.1 Å². The van der Waals surface area contributed by atoms with E-state index < -0.39 is 0 Å². The summed E-state index contributed by atoms with van der Waals surface area (Å²) in [7, 11) is 0. The van der Waals surface area contributed by atoms with Crippen LogP contribution in [0.1, 0.15) is 50.6 Å². The Morgan fingerprint density at radius 2 is 2.20 bits per heavy atom. The standard InChI is InChI=1S/C17H25FN2/c1-2-15(13-6-5-7-14(18)12-13)19-16-9-11-20-10-4-3-8-17(16)20/h5-7,12,15-17,19H,2-4,8-11H2,1H3. The summed E-state index contributed by atoms with van der Waals surface area (Å²) in [5.74, 6) is -0.131. The van der Waals surface area contributed by atoms with Crippen molar-refractivity contribution in [3.63, 3.8) is 0 Å². The number of hydrogen-bond acceptors (Lipinski definition) is 2. The summed E-state index contributed by atoms with van der Waals surface area (Å²) in [4.78, 5) is 2.64. The third-order valence-electron chi connectivity index (χ3n) is 4.93. The van der Waals surface area contributed by atoms with Crippen LogP contribution < -0.4 is 5.32 Å². The molecule has 0 radical (unpaired) electrons. The Morgan fingerprint density at radius 3 is 3.00 bits per heavy atom. The van der Waals surface area contributed by atoms with Crippen molar-refractivity contribution < 1.29 is 4.39 Å². The predicted molar refractivity (Wildman–Crippen MR) is 80.2 cm³/mol. The third kappa shape index (κ3) is 2.89. The number of piperidine rings is 1. The van der Waals surface area contributed by atoms with E-state index in [1.54, 1.807) is 6.07 Å². The maximum absolute atomic E-state index is 13.4. The largest absolute Gasteiger partial charge is 0.306 e. The highest BCUT2D eigenvalue weighted by molar-refractivity contribution is 5.20. The minimum Gasteiger partial charge on any atom is -0.306 e. The zero-order valence-corrected chi connectivity index (χ0v) is 12.3. The molecular formula is C17H25FN2. The number of benzene rings is 1. The zero-order valence-electron chi connectivity index (χ0n) is 12.3. The summed E-state index contributed by atoms with van der Waals surface area (Å²) >= 11 is 0. The molecule has 0 aromatic heterocycles. The van der Waals surface area contributed by atoms with Crippen molar-refractivity contribution in [2.24, 2.45) is 0 Å². The first kappa shape index (κ1) is 14.0. The average molecular weight is 276 g/mol. The second-order valence-corrected chi connectivity index (χ2v) is 6.18. The Hall–Kier alpha value is -0.930. The molecule has 3 rings (SSSR count). The fourth-order valence-electron chi connectivity index (χ4n) is 3.87. The topological polar surface area (TPSA) is 15.3 Å². The molecular weight excluding hydrogens is 251 g/mol. The van der Waals surface area contributed by atoms with Crippen molar-refractivity contribution >= 4 is 0 Å². The van der Waals surface area contributed by atoms with E-state index in [0.717, 1.165) is 12.0 Å². The van der Waals surface area contributed by atoms with E-state index in [4.69, 9.17) is 0 Å². The van der Waals surface area contributed by atoms with Gasteiger partial charge in [-0.1, -0.05) is 25.5 Å². The Balaban J connectivity index is 1.69. The number of nitrogens with zero attached hydrogens (tertiary/aromatic N) is 1.